The maximum Gasteiger partial charge on any atom is 0.221 e. The third-order valence-electron chi connectivity index (χ3n) is 2.60. The summed E-state index contributed by atoms with van der Waals surface area (Å²) in [5, 5.41) is 16.5. The number of hydrogen-bond donors (Lipinski definition) is 2. The molecule has 0 unspecified atom stereocenters. The first-order valence-corrected chi connectivity index (χ1v) is 6.75. The number of carbonyl (C=O) groups is 1. The Morgan fingerprint density at radius 3 is 2.95 bits per heavy atom. The molecule has 0 aliphatic carbocycles. The number of amides is 1. The molecule has 4 nitrogen and oxygen atoms in total. The summed E-state index contributed by atoms with van der Waals surface area (Å²) in [5.74, 6) is -0.661. The molecule has 1 amide bonds. The van der Waals surface area contributed by atoms with Gasteiger partial charge in [-0.1, -0.05) is 0 Å². The SMILES string of the molecule is CC(=O)Nc1ccsc1CNc1ccc(F)c(C#N)c1. The van der Waals surface area contributed by atoms with Gasteiger partial charge < -0.3 is 10.6 Å². The van der Waals surface area contributed by atoms with Crippen molar-refractivity contribution in [2.75, 3.05) is 10.6 Å². The van der Waals surface area contributed by atoms with Crippen LogP contribution in [0.4, 0.5) is 15.8 Å². The van der Waals surface area contributed by atoms with Crippen molar-refractivity contribution in [2.45, 2.75) is 13.5 Å². The van der Waals surface area contributed by atoms with Gasteiger partial charge in [0.25, 0.3) is 0 Å². The maximum absolute atomic E-state index is 13.2. The van der Waals surface area contributed by atoms with E-state index in [0.29, 0.717) is 12.2 Å². The second kappa shape index (κ2) is 6.17. The van der Waals surface area contributed by atoms with Crippen molar-refractivity contribution in [3.8, 4) is 6.07 Å². The number of thiophene rings is 1. The second-order valence-corrected chi connectivity index (χ2v) is 5.10. The molecule has 0 aliphatic heterocycles. The molecule has 0 bridgehead atoms. The summed E-state index contributed by atoms with van der Waals surface area (Å²) in [7, 11) is 0. The third-order valence-corrected chi connectivity index (χ3v) is 3.52. The Balaban J connectivity index is 2.08. The zero-order valence-electron chi connectivity index (χ0n) is 10.7. The molecule has 0 saturated carbocycles. The molecule has 0 spiro atoms. The predicted octanol–water partition coefficient (Wildman–Crippen LogP) is 3.33. The summed E-state index contributed by atoms with van der Waals surface area (Å²) in [6.45, 7) is 1.94. The number of nitrogens with zero attached hydrogens (tertiary/aromatic N) is 1. The summed E-state index contributed by atoms with van der Waals surface area (Å²) in [6, 6.07) is 7.91. The van der Waals surface area contributed by atoms with Crippen LogP contribution in [0.2, 0.25) is 0 Å². The van der Waals surface area contributed by atoms with Crippen molar-refractivity contribution in [2.24, 2.45) is 0 Å². The van der Waals surface area contributed by atoms with E-state index >= 15 is 0 Å². The van der Waals surface area contributed by atoms with E-state index in [1.54, 1.807) is 12.1 Å². The first kappa shape index (κ1) is 14.0. The first-order valence-electron chi connectivity index (χ1n) is 5.87. The summed E-state index contributed by atoms with van der Waals surface area (Å²) >= 11 is 1.51. The Bertz CT molecular complexity index is 675. The molecular formula is C14H12FN3OS. The zero-order valence-corrected chi connectivity index (χ0v) is 11.6. The molecule has 0 radical (unpaired) electrons. The third kappa shape index (κ3) is 3.33. The highest BCUT2D eigenvalue weighted by Crippen LogP contribution is 2.24. The largest absolute Gasteiger partial charge is 0.380 e. The Labute approximate surface area is 119 Å². The van der Waals surface area contributed by atoms with Gasteiger partial charge >= 0.3 is 0 Å². The van der Waals surface area contributed by atoms with Gasteiger partial charge in [-0.3, -0.25) is 4.79 Å². The van der Waals surface area contributed by atoms with E-state index in [0.717, 1.165) is 10.6 Å². The van der Waals surface area contributed by atoms with Crippen LogP contribution in [0.5, 0.6) is 0 Å². The topological polar surface area (TPSA) is 64.9 Å². The molecular weight excluding hydrogens is 277 g/mol. The van der Waals surface area contributed by atoms with Crippen LogP contribution < -0.4 is 10.6 Å². The maximum atomic E-state index is 13.2. The van der Waals surface area contributed by atoms with Crippen molar-refractivity contribution >= 4 is 28.6 Å². The zero-order chi connectivity index (χ0) is 14.5. The number of rotatable bonds is 4. The van der Waals surface area contributed by atoms with Crippen molar-refractivity contribution in [1.82, 2.24) is 0 Å². The Hall–Kier alpha value is -2.39. The number of halogens is 1. The van der Waals surface area contributed by atoms with Gasteiger partial charge in [-0.15, -0.1) is 11.3 Å². The van der Waals surface area contributed by atoms with E-state index in [9.17, 15) is 9.18 Å². The number of carbonyl (C=O) groups excluding carboxylic acids is 1. The number of hydrogen-bond acceptors (Lipinski definition) is 4. The number of nitrogens with one attached hydrogen (secondary N) is 2. The molecule has 1 aromatic carbocycles. The summed E-state index contributed by atoms with van der Waals surface area (Å²) in [4.78, 5) is 12.0. The van der Waals surface area contributed by atoms with Crippen LogP contribution in [-0.4, -0.2) is 5.91 Å². The van der Waals surface area contributed by atoms with E-state index in [2.05, 4.69) is 10.6 Å². The normalized spacial score (nSPS) is 9.85. The minimum Gasteiger partial charge on any atom is -0.380 e. The lowest BCUT2D eigenvalue weighted by Gasteiger charge is -2.08. The van der Waals surface area contributed by atoms with Crippen molar-refractivity contribution in [3.63, 3.8) is 0 Å². The molecule has 1 heterocycles. The summed E-state index contributed by atoms with van der Waals surface area (Å²) in [5.41, 5.74) is 1.42. The van der Waals surface area contributed by atoms with E-state index in [1.165, 1.54) is 30.4 Å². The van der Waals surface area contributed by atoms with E-state index < -0.39 is 5.82 Å². The monoisotopic (exact) mass is 289 g/mol. The highest BCUT2D eigenvalue weighted by molar-refractivity contribution is 7.10. The molecule has 0 atom stereocenters. The minimum atomic E-state index is -0.534. The van der Waals surface area contributed by atoms with E-state index in [4.69, 9.17) is 5.26 Å². The van der Waals surface area contributed by atoms with Gasteiger partial charge in [-0.2, -0.15) is 5.26 Å². The molecule has 0 aliphatic rings. The minimum absolute atomic E-state index is 0.00302. The Morgan fingerprint density at radius 2 is 2.25 bits per heavy atom. The predicted molar refractivity (Wildman–Crippen MR) is 77.1 cm³/mol. The highest BCUT2D eigenvalue weighted by atomic mass is 32.1. The molecule has 20 heavy (non-hydrogen) atoms. The van der Waals surface area contributed by atoms with Gasteiger partial charge in [0.05, 0.1) is 17.8 Å². The number of benzene rings is 1. The van der Waals surface area contributed by atoms with Crippen LogP contribution in [-0.2, 0) is 11.3 Å². The molecule has 2 N–H and O–H groups in total. The standard InChI is InChI=1S/C14H12FN3OS/c1-9(19)18-13-4-5-20-14(13)8-17-11-2-3-12(15)10(6-11)7-16/h2-6,17H,8H2,1H3,(H,18,19). The van der Waals surface area contributed by atoms with Crippen molar-refractivity contribution in [3.05, 3.63) is 45.9 Å². The molecule has 6 heteroatoms. The fourth-order valence-corrected chi connectivity index (χ4v) is 2.45. The van der Waals surface area contributed by atoms with E-state index in [1.807, 2.05) is 11.4 Å². The van der Waals surface area contributed by atoms with Crippen LogP contribution in [0.15, 0.2) is 29.6 Å². The van der Waals surface area contributed by atoms with Gasteiger partial charge in [0, 0.05) is 17.5 Å². The molecule has 102 valence electrons. The molecule has 1 aromatic heterocycles. The average Bonchev–Trinajstić information content (AvgIpc) is 2.84. The second-order valence-electron chi connectivity index (χ2n) is 4.10. The lowest BCUT2D eigenvalue weighted by molar-refractivity contribution is -0.114. The molecule has 2 aromatic rings. The Kier molecular flexibility index (Phi) is 4.33. The molecule has 0 saturated heterocycles. The van der Waals surface area contributed by atoms with Crippen LogP contribution in [0, 0.1) is 17.1 Å². The lowest BCUT2D eigenvalue weighted by Crippen LogP contribution is -2.08. The van der Waals surface area contributed by atoms with Gasteiger partial charge in [-0.25, -0.2) is 4.39 Å². The van der Waals surface area contributed by atoms with Gasteiger partial charge in [0.2, 0.25) is 5.91 Å². The van der Waals surface area contributed by atoms with Gasteiger partial charge in [0.1, 0.15) is 11.9 Å². The molecule has 0 fully saturated rings. The summed E-state index contributed by atoms with van der Waals surface area (Å²) < 4.78 is 13.2. The van der Waals surface area contributed by atoms with E-state index in [-0.39, 0.29) is 11.5 Å². The smallest absolute Gasteiger partial charge is 0.221 e. The molecule has 2 rings (SSSR count). The van der Waals surface area contributed by atoms with Crippen LogP contribution in [0.1, 0.15) is 17.4 Å². The van der Waals surface area contributed by atoms with Crippen molar-refractivity contribution in [1.29, 1.82) is 5.26 Å². The quantitative estimate of drug-likeness (QED) is 0.907. The van der Waals surface area contributed by atoms with Crippen molar-refractivity contribution < 1.29 is 9.18 Å². The number of nitriles is 1. The van der Waals surface area contributed by atoms with Crippen LogP contribution in [0.3, 0.4) is 0 Å². The summed E-state index contributed by atoms with van der Waals surface area (Å²) in [6.07, 6.45) is 0. The van der Waals surface area contributed by atoms with Gasteiger partial charge in [-0.05, 0) is 29.6 Å². The fourth-order valence-electron chi connectivity index (χ4n) is 1.68. The average molecular weight is 289 g/mol. The highest BCUT2D eigenvalue weighted by Gasteiger charge is 2.07. The van der Waals surface area contributed by atoms with Crippen LogP contribution in [0.25, 0.3) is 0 Å². The number of anilines is 2. The lowest BCUT2D eigenvalue weighted by atomic mass is 10.2. The van der Waals surface area contributed by atoms with Gasteiger partial charge in [0.15, 0.2) is 0 Å². The van der Waals surface area contributed by atoms with Crippen LogP contribution >= 0.6 is 11.3 Å². The first-order chi connectivity index (χ1) is 9.60. The Morgan fingerprint density at radius 1 is 1.45 bits per heavy atom. The fraction of sp³-hybridized carbons (Fsp3) is 0.143.